The second-order valence-electron chi connectivity index (χ2n) is 6.16. The van der Waals surface area contributed by atoms with Gasteiger partial charge in [-0.25, -0.2) is 0 Å². The molecule has 3 N–H and O–H groups in total. The molecule has 0 heterocycles. The first-order valence-electron chi connectivity index (χ1n) is 7.73. The summed E-state index contributed by atoms with van der Waals surface area (Å²) in [7, 11) is 0. The van der Waals surface area contributed by atoms with Crippen LogP contribution in [-0.4, -0.2) is 12.6 Å². The smallest absolute Gasteiger partial charge is 0.0208 e. The molecule has 1 aliphatic carbocycles. The monoisotopic (exact) mass is 260 g/mol. The van der Waals surface area contributed by atoms with Gasteiger partial charge in [0.05, 0.1) is 0 Å². The van der Waals surface area contributed by atoms with E-state index in [4.69, 9.17) is 5.73 Å². The molecule has 0 spiro atoms. The van der Waals surface area contributed by atoms with Gasteiger partial charge in [-0.05, 0) is 42.3 Å². The molecule has 2 unspecified atom stereocenters. The zero-order valence-electron chi connectivity index (χ0n) is 12.4. The lowest BCUT2D eigenvalue weighted by atomic mass is 9.84. The van der Waals surface area contributed by atoms with Crippen LogP contribution in [0.5, 0.6) is 0 Å². The third kappa shape index (κ3) is 4.05. The van der Waals surface area contributed by atoms with Crippen LogP contribution in [0.2, 0.25) is 0 Å². The molecule has 1 saturated carbocycles. The summed E-state index contributed by atoms with van der Waals surface area (Å²) in [4.78, 5) is 0. The highest BCUT2D eigenvalue weighted by atomic mass is 14.9. The SMILES string of the molecule is CC(C)c1ccc(CNC2CCCCC2CN)cc1. The Balaban J connectivity index is 1.87. The number of nitrogens with two attached hydrogens (primary N) is 1. The van der Waals surface area contributed by atoms with Crippen molar-refractivity contribution >= 4 is 0 Å². The summed E-state index contributed by atoms with van der Waals surface area (Å²) in [6.07, 6.45) is 5.27. The third-order valence-corrected chi connectivity index (χ3v) is 4.43. The minimum absolute atomic E-state index is 0.613. The van der Waals surface area contributed by atoms with Crippen LogP contribution in [0.4, 0.5) is 0 Å². The molecule has 1 aliphatic rings. The number of hydrogen-bond donors (Lipinski definition) is 2. The number of nitrogens with one attached hydrogen (secondary N) is 1. The lowest BCUT2D eigenvalue weighted by molar-refractivity contribution is 0.267. The van der Waals surface area contributed by atoms with Crippen LogP contribution in [0.15, 0.2) is 24.3 Å². The summed E-state index contributed by atoms with van der Waals surface area (Å²) in [6.45, 7) is 6.27. The minimum Gasteiger partial charge on any atom is -0.330 e. The Morgan fingerprint density at radius 2 is 1.84 bits per heavy atom. The summed E-state index contributed by atoms with van der Waals surface area (Å²) in [5.41, 5.74) is 8.67. The van der Waals surface area contributed by atoms with Crippen molar-refractivity contribution < 1.29 is 0 Å². The number of rotatable bonds is 5. The third-order valence-electron chi connectivity index (χ3n) is 4.43. The van der Waals surface area contributed by atoms with E-state index >= 15 is 0 Å². The summed E-state index contributed by atoms with van der Waals surface area (Å²) >= 11 is 0. The molecule has 2 atom stereocenters. The van der Waals surface area contributed by atoms with E-state index in [9.17, 15) is 0 Å². The second-order valence-corrected chi connectivity index (χ2v) is 6.16. The van der Waals surface area contributed by atoms with Gasteiger partial charge in [-0.3, -0.25) is 0 Å². The fraction of sp³-hybridized carbons (Fsp3) is 0.647. The highest BCUT2D eigenvalue weighted by molar-refractivity contribution is 5.24. The average molecular weight is 260 g/mol. The fourth-order valence-electron chi connectivity index (χ4n) is 3.03. The fourth-order valence-corrected chi connectivity index (χ4v) is 3.03. The molecule has 2 nitrogen and oxygen atoms in total. The van der Waals surface area contributed by atoms with Gasteiger partial charge in [-0.2, -0.15) is 0 Å². The minimum atomic E-state index is 0.613. The van der Waals surface area contributed by atoms with E-state index in [1.807, 2.05) is 0 Å². The van der Waals surface area contributed by atoms with Crippen molar-refractivity contribution in [1.29, 1.82) is 0 Å². The predicted molar refractivity (Wildman–Crippen MR) is 82.2 cm³/mol. The van der Waals surface area contributed by atoms with Gasteiger partial charge >= 0.3 is 0 Å². The predicted octanol–water partition coefficient (Wildman–Crippen LogP) is 3.42. The van der Waals surface area contributed by atoms with Crippen molar-refractivity contribution in [2.45, 2.75) is 58.0 Å². The van der Waals surface area contributed by atoms with E-state index in [-0.39, 0.29) is 0 Å². The Kier molecular flexibility index (Phi) is 5.41. The van der Waals surface area contributed by atoms with Crippen LogP contribution in [0.3, 0.4) is 0 Å². The molecule has 1 aromatic rings. The highest BCUT2D eigenvalue weighted by Gasteiger charge is 2.23. The average Bonchev–Trinajstić information content (AvgIpc) is 2.45. The van der Waals surface area contributed by atoms with Gasteiger partial charge in [0, 0.05) is 12.6 Å². The molecule has 0 bridgehead atoms. The molecule has 1 fully saturated rings. The van der Waals surface area contributed by atoms with E-state index < -0.39 is 0 Å². The van der Waals surface area contributed by atoms with E-state index in [0.717, 1.165) is 13.1 Å². The molecular formula is C17H28N2. The maximum Gasteiger partial charge on any atom is 0.0208 e. The van der Waals surface area contributed by atoms with Crippen LogP contribution < -0.4 is 11.1 Å². The van der Waals surface area contributed by atoms with E-state index in [1.165, 1.54) is 36.8 Å². The van der Waals surface area contributed by atoms with Gasteiger partial charge < -0.3 is 11.1 Å². The molecule has 0 amide bonds. The Hall–Kier alpha value is -0.860. The Morgan fingerprint density at radius 3 is 2.47 bits per heavy atom. The maximum absolute atomic E-state index is 5.88. The van der Waals surface area contributed by atoms with Crippen LogP contribution in [0.25, 0.3) is 0 Å². The zero-order valence-corrected chi connectivity index (χ0v) is 12.4. The van der Waals surface area contributed by atoms with Gasteiger partial charge in [-0.1, -0.05) is 51.0 Å². The standard InChI is InChI=1S/C17H28N2/c1-13(2)15-9-7-14(8-10-15)12-19-17-6-4-3-5-16(17)11-18/h7-10,13,16-17,19H,3-6,11-12,18H2,1-2H3. The summed E-state index contributed by atoms with van der Waals surface area (Å²) in [5.74, 6) is 1.28. The van der Waals surface area contributed by atoms with E-state index in [1.54, 1.807) is 0 Å². The molecule has 0 aromatic heterocycles. The Bertz CT molecular complexity index is 369. The largest absolute Gasteiger partial charge is 0.330 e. The van der Waals surface area contributed by atoms with Crippen LogP contribution in [0.1, 0.15) is 56.6 Å². The van der Waals surface area contributed by atoms with Crippen molar-refractivity contribution in [2.24, 2.45) is 11.7 Å². The first-order chi connectivity index (χ1) is 9.20. The van der Waals surface area contributed by atoms with Crippen LogP contribution in [-0.2, 0) is 6.54 Å². The van der Waals surface area contributed by atoms with Crippen molar-refractivity contribution in [3.63, 3.8) is 0 Å². The Morgan fingerprint density at radius 1 is 1.16 bits per heavy atom. The normalized spacial score (nSPS) is 23.8. The summed E-state index contributed by atoms with van der Waals surface area (Å²) in [5, 5.41) is 3.71. The first-order valence-corrected chi connectivity index (χ1v) is 7.73. The summed E-state index contributed by atoms with van der Waals surface area (Å²) < 4.78 is 0. The van der Waals surface area contributed by atoms with Crippen molar-refractivity contribution in [3.8, 4) is 0 Å². The van der Waals surface area contributed by atoms with Gasteiger partial charge in [-0.15, -0.1) is 0 Å². The lowest BCUT2D eigenvalue weighted by Crippen LogP contribution is -2.41. The molecule has 2 rings (SSSR count). The van der Waals surface area contributed by atoms with E-state index in [2.05, 4.69) is 43.4 Å². The molecule has 19 heavy (non-hydrogen) atoms. The molecule has 106 valence electrons. The summed E-state index contributed by atoms with van der Waals surface area (Å²) in [6, 6.07) is 9.63. The zero-order chi connectivity index (χ0) is 13.7. The van der Waals surface area contributed by atoms with Crippen molar-refractivity contribution in [1.82, 2.24) is 5.32 Å². The molecular weight excluding hydrogens is 232 g/mol. The number of hydrogen-bond acceptors (Lipinski definition) is 2. The molecule has 0 radical (unpaired) electrons. The topological polar surface area (TPSA) is 38.0 Å². The molecule has 1 aromatic carbocycles. The number of benzene rings is 1. The Labute approximate surface area is 117 Å². The lowest BCUT2D eigenvalue weighted by Gasteiger charge is -2.31. The quantitative estimate of drug-likeness (QED) is 0.851. The van der Waals surface area contributed by atoms with E-state index in [0.29, 0.717) is 17.9 Å². The van der Waals surface area contributed by atoms with Gasteiger partial charge in [0.15, 0.2) is 0 Å². The van der Waals surface area contributed by atoms with Crippen molar-refractivity contribution in [2.75, 3.05) is 6.54 Å². The maximum atomic E-state index is 5.88. The van der Waals surface area contributed by atoms with Crippen molar-refractivity contribution in [3.05, 3.63) is 35.4 Å². The molecule has 2 heteroatoms. The van der Waals surface area contributed by atoms with Gasteiger partial charge in [0.25, 0.3) is 0 Å². The molecule has 0 saturated heterocycles. The van der Waals surface area contributed by atoms with Gasteiger partial charge in [0.1, 0.15) is 0 Å². The second kappa shape index (κ2) is 7.06. The van der Waals surface area contributed by atoms with Crippen LogP contribution in [0, 0.1) is 5.92 Å². The van der Waals surface area contributed by atoms with Crippen LogP contribution >= 0.6 is 0 Å². The molecule has 0 aliphatic heterocycles. The highest BCUT2D eigenvalue weighted by Crippen LogP contribution is 2.24. The first kappa shape index (κ1) is 14.5. The van der Waals surface area contributed by atoms with Gasteiger partial charge in [0.2, 0.25) is 0 Å².